The number of hydrogen-bond donors (Lipinski definition) is 2. The first kappa shape index (κ1) is 13.1. The maximum Gasteiger partial charge on any atom is 0.273 e. The van der Waals surface area contributed by atoms with Crippen molar-refractivity contribution < 1.29 is 4.79 Å². The standard InChI is InChI=1S/C12H18N6O/c1-3-18-8-10(13)11(16-18)12(19)14-6-4-9-5-7-15-17(9)2/h5,7-8H,3-4,6,13H2,1-2H3,(H,14,19). The number of hydrogen-bond acceptors (Lipinski definition) is 4. The van der Waals surface area contributed by atoms with Crippen LogP contribution >= 0.6 is 0 Å². The molecule has 2 rings (SSSR count). The number of aromatic nitrogens is 4. The summed E-state index contributed by atoms with van der Waals surface area (Å²) in [7, 11) is 1.87. The fraction of sp³-hybridized carbons (Fsp3) is 0.417. The van der Waals surface area contributed by atoms with Gasteiger partial charge in [0.1, 0.15) is 0 Å². The van der Waals surface area contributed by atoms with E-state index in [1.54, 1.807) is 21.8 Å². The predicted octanol–water partition coefficient (Wildman–Crippen LogP) is 0.191. The van der Waals surface area contributed by atoms with E-state index in [0.717, 1.165) is 12.1 Å². The number of nitrogens with zero attached hydrogens (tertiary/aromatic N) is 4. The first-order chi connectivity index (χ1) is 9.11. The highest BCUT2D eigenvalue weighted by Gasteiger charge is 2.14. The van der Waals surface area contributed by atoms with Gasteiger partial charge in [-0.25, -0.2) is 0 Å². The van der Waals surface area contributed by atoms with Gasteiger partial charge in [0.15, 0.2) is 5.69 Å². The van der Waals surface area contributed by atoms with Crippen molar-refractivity contribution in [3.05, 3.63) is 29.8 Å². The number of amides is 1. The van der Waals surface area contributed by atoms with Gasteiger partial charge in [-0.3, -0.25) is 14.2 Å². The fourth-order valence-corrected chi connectivity index (χ4v) is 1.81. The molecule has 0 unspecified atom stereocenters. The second-order valence-electron chi connectivity index (χ2n) is 4.24. The summed E-state index contributed by atoms with van der Waals surface area (Å²) < 4.78 is 3.43. The number of nitrogen functional groups attached to an aromatic ring is 1. The van der Waals surface area contributed by atoms with Gasteiger partial charge in [0.25, 0.3) is 5.91 Å². The van der Waals surface area contributed by atoms with Crippen LogP contribution in [0, 0.1) is 0 Å². The SMILES string of the molecule is CCn1cc(N)c(C(=O)NCCc2ccnn2C)n1. The lowest BCUT2D eigenvalue weighted by molar-refractivity contribution is 0.0949. The van der Waals surface area contributed by atoms with Crippen molar-refractivity contribution in [2.75, 3.05) is 12.3 Å². The second kappa shape index (κ2) is 5.55. The van der Waals surface area contributed by atoms with Gasteiger partial charge in [0.2, 0.25) is 0 Å². The number of anilines is 1. The monoisotopic (exact) mass is 262 g/mol. The van der Waals surface area contributed by atoms with Gasteiger partial charge < -0.3 is 11.1 Å². The molecule has 0 spiro atoms. The van der Waals surface area contributed by atoms with Crippen molar-refractivity contribution in [1.82, 2.24) is 24.9 Å². The molecular weight excluding hydrogens is 244 g/mol. The van der Waals surface area contributed by atoms with Crippen LogP contribution in [0.2, 0.25) is 0 Å². The normalized spacial score (nSPS) is 10.6. The van der Waals surface area contributed by atoms with Crippen molar-refractivity contribution in [3.8, 4) is 0 Å². The molecule has 2 aromatic heterocycles. The zero-order valence-electron chi connectivity index (χ0n) is 11.1. The summed E-state index contributed by atoms with van der Waals surface area (Å²) in [5, 5.41) is 11.0. The molecule has 0 aliphatic heterocycles. The van der Waals surface area contributed by atoms with Crippen LogP contribution in [-0.2, 0) is 20.0 Å². The average molecular weight is 262 g/mol. The van der Waals surface area contributed by atoms with Crippen LogP contribution in [0.5, 0.6) is 0 Å². The van der Waals surface area contributed by atoms with Gasteiger partial charge in [-0.1, -0.05) is 0 Å². The summed E-state index contributed by atoms with van der Waals surface area (Å²) in [5.41, 5.74) is 7.50. The topological polar surface area (TPSA) is 90.8 Å². The third kappa shape index (κ3) is 2.93. The number of carbonyl (C=O) groups excluding carboxylic acids is 1. The molecule has 3 N–H and O–H groups in total. The molecular formula is C12H18N6O. The number of carbonyl (C=O) groups is 1. The first-order valence-corrected chi connectivity index (χ1v) is 6.19. The van der Waals surface area contributed by atoms with Gasteiger partial charge in [0.05, 0.1) is 5.69 Å². The van der Waals surface area contributed by atoms with E-state index in [1.165, 1.54) is 0 Å². The molecule has 0 radical (unpaired) electrons. The Labute approximate surface area is 111 Å². The molecule has 7 heteroatoms. The number of rotatable bonds is 5. The molecule has 0 saturated heterocycles. The molecule has 0 fully saturated rings. The Balaban J connectivity index is 1.90. The van der Waals surface area contributed by atoms with E-state index in [1.807, 2.05) is 20.0 Å². The summed E-state index contributed by atoms with van der Waals surface area (Å²) in [6.45, 7) is 3.15. The van der Waals surface area contributed by atoms with Crippen molar-refractivity contribution in [2.24, 2.45) is 7.05 Å². The molecule has 0 bridgehead atoms. The molecule has 7 nitrogen and oxygen atoms in total. The van der Waals surface area contributed by atoms with E-state index in [0.29, 0.717) is 18.8 Å². The highest BCUT2D eigenvalue weighted by Crippen LogP contribution is 2.08. The molecule has 19 heavy (non-hydrogen) atoms. The van der Waals surface area contributed by atoms with Crippen molar-refractivity contribution in [2.45, 2.75) is 19.9 Å². The molecule has 2 aromatic rings. The van der Waals surface area contributed by atoms with Crippen molar-refractivity contribution in [1.29, 1.82) is 0 Å². The molecule has 2 heterocycles. The Bertz CT molecular complexity index is 571. The van der Waals surface area contributed by atoms with Crippen LogP contribution in [0.3, 0.4) is 0 Å². The van der Waals surface area contributed by atoms with Gasteiger partial charge >= 0.3 is 0 Å². The summed E-state index contributed by atoms with van der Waals surface area (Å²) in [6.07, 6.45) is 4.12. The van der Waals surface area contributed by atoms with Crippen LogP contribution < -0.4 is 11.1 Å². The zero-order chi connectivity index (χ0) is 13.8. The van der Waals surface area contributed by atoms with E-state index in [2.05, 4.69) is 15.5 Å². The van der Waals surface area contributed by atoms with Gasteiger partial charge in [-0.2, -0.15) is 10.2 Å². The van der Waals surface area contributed by atoms with Crippen LogP contribution in [-0.4, -0.2) is 32.0 Å². The van der Waals surface area contributed by atoms with Crippen LogP contribution in [0.25, 0.3) is 0 Å². The Morgan fingerprint density at radius 1 is 1.53 bits per heavy atom. The Kier molecular flexibility index (Phi) is 3.84. The van der Waals surface area contributed by atoms with Crippen LogP contribution in [0.4, 0.5) is 5.69 Å². The number of aryl methyl sites for hydroxylation is 2. The zero-order valence-corrected chi connectivity index (χ0v) is 11.1. The molecule has 0 aromatic carbocycles. The largest absolute Gasteiger partial charge is 0.396 e. The molecule has 0 saturated carbocycles. The summed E-state index contributed by atoms with van der Waals surface area (Å²) in [4.78, 5) is 11.9. The maximum absolute atomic E-state index is 11.9. The fourth-order valence-electron chi connectivity index (χ4n) is 1.81. The highest BCUT2D eigenvalue weighted by atomic mass is 16.1. The lowest BCUT2D eigenvalue weighted by atomic mass is 10.3. The molecule has 0 aliphatic carbocycles. The van der Waals surface area contributed by atoms with Crippen LogP contribution in [0.15, 0.2) is 18.5 Å². The van der Waals surface area contributed by atoms with Gasteiger partial charge in [-0.05, 0) is 13.0 Å². The molecule has 1 amide bonds. The quantitative estimate of drug-likeness (QED) is 0.804. The predicted molar refractivity (Wildman–Crippen MR) is 71.6 cm³/mol. The summed E-state index contributed by atoms with van der Waals surface area (Å²) >= 11 is 0. The number of nitrogens with one attached hydrogen (secondary N) is 1. The van der Waals surface area contributed by atoms with Gasteiger partial charge in [-0.15, -0.1) is 0 Å². The van der Waals surface area contributed by atoms with Crippen molar-refractivity contribution in [3.63, 3.8) is 0 Å². The molecule has 0 aliphatic rings. The minimum atomic E-state index is -0.244. The van der Waals surface area contributed by atoms with E-state index in [9.17, 15) is 4.79 Å². The third-order valence-corrected chi connectivity index (χ3v) is 2.92. The van der Waals surface area contributed by atoms with E-state index in [-0.39, 0.29) is 11.6 Å². The summed E-state index contributed by atoms with van der Waals surface area (Å²) in [5.74, 6) is -0.244. The Morgan fingerprint density at radius 3 is 2.89 bits per heavy atom. The first-order valence-electron chi connectivity index (χ1n) is 6.19. The van der Waals surface area contributed by atoms with Gasteiger partial charge in [0, 0.05) is 44.6 Å². The van der Waals surface area contributed by atoms with Crippen LogP contribution in [0.1, 0.15) is 23.1 Å². The minimum Gasteiger partial charge on any atom is -0.396 e. The average Bonchev–Trinajstić information content (AvgIpc) is 2.96. The lowest BCUT2D eigenvalue weighted by Crippen LogP contribution is -2.27. The highest BCUT2D eigenvalue weighted by molar-refractivity contribution is 5.96. The molecule has 0 atom stereocenters. The second-order valence-corrected chi connectivity index (χ2v) is 4.24. The van der Waals surface area contributed by atoms with E-state index in [4.69, 9.17) is 5.73 Å². The minimum absolute atomic E-state index is 0.244. The summed E-state index contributed by atoms with van der Waals surface area (Å²) in [6, 6.07) is 1.92. The number of nitrogens with two attached hydrogens (primary N) is 1. The molecule has 102 valence electrons. The maximum atomic E-state index is 11.9. The van der Waals surface area contributed by atoms with E-state index >= 15 is 0 Å². The Hall–Kier alpha value is -2.31. The third-order valence-electron chi connectivity index (χ3n) is 2.92. The van der Waals surface area contributed by atoms with E-state index < -0.39 is 0 Å². The van der Waals surface area contributed by atoms with Crippen molar-refractivity contribution >= 4 is 11.6 Å². The lowest BCUT2D eigenvalue weighted by Gasteiger charge is -2.04. The smallest absolute Gasteiger partial charge is 0.273 e. The Morgan fingerprint density at radius 2 is 2.32 bits per heavy atom.